The Morgan fingerprint density at radius 3 is 2.52 bits per heavy atom. The average Bonchev–Trinajstić information content (AvgIpc) is 2.85. The highest BCUT2D eigenvalue weighted by Gasteiger charge is 2.25. The summed E-state index contributed by atoms with van der Waals surface area (Å²) in [6.45, 7) is 0. The molecule has 2 N–H and O–H groups in total. The average molecular weight is 316 g/mol. The highest BCUT2D eigenvalue weighted by molar-refractivity contribution is 7.99. The fourth-order valence-corrected chi connectivity index (χ4v) is 3.26. The first-order chi connectivity index (χ1) is 10.0. The van der Waals surface area contributed by atoms with Crippen LogP contribution in [0.3, 0.4) is 0 Å². The van der Waals surface area contributed by atoms with Gasteiger partial charge < -0.3 is 15.4 Å². The van der Waals surface area contributed by atoms with Crippen LogP contribution in [-0.2, 0) is 0 Å². The molecule has 1 aromatic rings. The van der Waals surface area contributed by atoms with Gasteiger partial charge in [-0.2, -0.15) is 11.8 Å². The summed E-state index contributed by atoms with van der Waals surface area (Å²) in [5, 5.41) is 5.82. The number of methoxy groups -OCH3 is 1. The molecule has 21 heavy (non-hydrogen) atoms. The number of halogens is 2. The van der Waals surface area contributed by atoms with E-state index >= 15 is 0 Å². The zero-order chi connectivity index (χ0) is 15.4. The van der Waals surface area contributed by atoms with Gasteiger partial charge in [0.05, 0.1) is 7.11 Å². The Kier molecular flexibility index (Phi) is 5.27. The molecule has 1 fully saturated rings. The highest BCUT2D eigenvalue weighted by Crippen LogP contribution is 2.28. The molecule has 2 atom stereocenters. The second-order valence-corrected chi connectivity index (χ2v) is 6.08. The first-order valence-electron chi connectivity index (χ1n) is 6.66. The normalized spacial score (nSPS) is 21.1. The number of nitrogens with one attached hydrogen (secondary N) is 2. The third kappa shape index (κ3) is 4.00. The number of carbonyl (C=O) groups is 1. The maximum Gasteiger partial charge on any atom is 0.319 e. The number of anilines is 1. The highest BCUT2D eigenvalue weighted by atomic mass is 32.2. The van der Waals surface area contributed by atoms with Gasteiger partial charge in [0, 0.05) is 29.1 Å². The van der Waals surface area contributed by atoms with E-state index in [1.54, 1.807) is 11.8 Å². The van der Waals surface area contributed by atoms with Crippen LogP contribution in [0, 0.1) is 11.6 Å². The first kappa shape index (κ1) is 15.9. The molecule has 4 nitrogen and oxygen atoms in total. The fourth-order valence-electron chi connectivity index (χ4n) is 2.46. The van der Waals surface area contributed by atoms with E-state index in [-0.39, 0.29) is 11.7 Å². The Labute approximate surface area is 126 Å². The molecule has 1 aliphatic carbocycles. The number of ether oxygens (including phenoxy) is 1. The van der Waals surface area contributed by atoms with Gasteiger partial charge in [-0.1, -0.05) is 0 Å². The van der Waals surface area contributed by atoms with Crippen molar-refractivity contribution in [2.75, 3.05) is 18.7 Å². The molecule has 0 unspecified atom stereocenters. The summed E-state index contributed by atoms with van der Waals surface area (Å²) in [7, 11) is 1.18. The third-order valence-electron chi connectivity index (χ3n) is 3.51. The van der Waals surface area contributed by atoms with Gasteiger partial charge in [0.15, 0.2) is 17.4 Å². The van der Waals surface area contributed by atoms with Crippen LogP contribution in [0.25, 0.3) is 0 Å². The van der Waals surface area contributed by atoms with E-state index in [0.29, 0.717) is 5.25 Å². The molecule has 7 heteroatoms. The molecule has 0 spiro atoms. The van der Waals surface area contributed by atoms with Gasteiger partial charge >= 0.3 is 6.03 Å². The van der Waals surface area contributed by atoms with Crippen molar-refractivity contribution in [3.63, 3.8) is 0 Å². The summed E-state index contributed by atoms with van der Waals surface area (Å²) in [6.07, 6.45) is 4.96. The summed E-state index contributed by atoms with van der Waals surface area (Å²) < 4.78 is 31.6. The van der Waals surface area contributed by atoms with Gasteiger partial charge in [-0.05, 0) is 25.5 Å². The number of hydrogen-bond donors (Lipinski definition) is 2. The molecular formula is C14H18F2N2O2S. The molecule has 1 aliphatic rings. The van der Waals surface area contributed by atoms with Crippen LogP contribution in [0.4, 0.5) is 19.3 Å². The van der Waals surface area contributed by atoms with Crippen molar-refractivity contribution in [1.82, 2.24) is 5.32 Å². The van der Waals surface area contributed by atoms with Crippen molar-refractivity contribution >= 4 is 23.5 Å². The van der Waals surface area contributed by atoms with Gasteiger partial charge in [0.1, 0.15) is 0 Å². The quantitative estimate of drug-likeness (QED) is 0.895. The van der Waals surface area contributed by atoms with Crippen LogP contribution in [0.1, 0.15) is 19.3 Å². The Morgan fingerprint density at radius 1 is 1.33 bits per heavy atom. The van der Waals surface area contributed by atoms with Gasteiger partial charge in [-0.15, -0.1) is 0 Å². The minimum Gasteiger partial charge on any atom is -0.491 e. The lowest BCUT2D eigenvalue weighted by Gasteiger charge is -2.14. The van der Waals surface area contributed by atoms with E-state index in [1.807, 2.05) is 0 Å². The number of hydrogen-bond acceptors (Lipinski definition) is 3. The number of amides is 2. The molecule has 0 heterocycles. The number of thioether (sulfide) groups is 1. The molecular weight excluding hydrogens is 298 g/mol. The summed E-state index contributed by atoms with van der Waals surface area (Å²) in [5.41, 5.74) is 0.0581. The van der Waals surface area contributed by atoms with Crippen molar-refractivity contribution < 1.29 is 18.3 Å². The van der Waals surface area contributed by atoms with Gasteiger partial charge in [0.25, 0.3) is 0 Å². The molecule has 0 radical (unpaired) electrons. The van der Waals surface area contributed by atoms with Crippen LogP contribution < -0.4 is 15.4 Å². The molecule has 2 rings (SSSR count). The summed E-state index contributed by atoms with van der Waals surface area (Å²) in [5.74, 6) is -2.16. The number of benzene rings is 1. The fraction of sp³-hybridized carbons (Fsp3) is 0.500. The van der Waals surface area contributed by atoms with E-state index in [9.17, 15) is 13.6 Å². The molecule has 0 aromatic heterocycles. The minimum atomic E-state index is -0.851. The predicted octanol–water partition coefficient (Wildman–Crippen LogP) is 3.38. The lowest BCUT2D eigenvalue weighted by atomic mass is 10.2. The molecule has 0 aliphatic heterocycles. The Bertz CT molecular complexity index is 505. The van der Waals surface area contributed by atoms with Crippen molar-refractivity contribution in [2.45, 2.75) is 30.6 Å². The maximum atomic E-state index is 13.5. The van der Waals surface area contributed by atoms with E-state index < -0.39 is 23.4 Å². The minimum absolute atomic E-state index is 0.0581. The zero-order valence-corrected chi connectivity index (χ0v) is 12.7. The second kappa shape index (κ2) is 6.98. The van der Waals surface area contributed by atoms with Crippen molar-refractivity contribution in [3.8, 4) is 5.75 Å². The number of urea groups is 1. The first-order valence-corrected chi connectivity index (χ1v) is 7.95. The van der Waals surface area contributed by atoms with Gasteiger partial charge in [0.2, 0.25) is 0 Å². The largest absolute Gasteiger partial charge is 0.491 e. The lowest BCUT2D eigenvalue weighted by molar-refractivity contribution is 0.248. The molecule has 1 saturated carbocycles. The smallest absolute Gasteiger partial charge is 0.319 e. The van der Waals surface area contributed by atoms with Crippen LogP contribution in [-0.4, -0.2) is 30.7 Å². The monoisotopic (exact) mass is 316 g/mol. The third-order valence-corrected chi connectivity index (χ3v) is 4.61. The number of rotatable bonds is 4. The molecule has 116 valence electrons. The number of carbonyl (C=O) groups excluding carboxylic acids is 1. The molecule has 0 bridgehead atoms. The van der Waals surface area contributed by atoms with E-state index in [1.165, 1.54) is 7.11 Å². The second-order valence-electron chi connectivity index (χ2n) is 4.94. The van der Waals surface area contributed by atoms with Gasteiger partial charge in [-0.25, -0.2) is 13.6 Å². The summed E-state index contributed by atoms with van der Waals surface area (Å²) >= 11 is 1.79. The molecule has 2 amide bonds. The maximum absolute atomic E-state index is 13.5. The topological polar surface area (TPSA) is 50.4 Å². The van der Waals surface area contributed by atoms with Crippen molar-refractivity contribution in [3.05, 3.63) is 23.8 Å². The standard InChI is InChI=1S/C14H18F2N2O2S/c1-20-13-11(15)6-9(7-12(13)16)18-14(19)17-8-3-4-10(5-8)21-2/h6-8,10H,3-5H2,1-2H3,(H2,17,18,19)/t8-,10-/m1/s1. The summed E-state index contributed by atoms with van der Waals surface area (Å²) in [4.78, 5) is 11.8. The SMILES string of the molecule is COc1c(F)cc(NC(=O)N[C@@H]2CC[C@@H](SC)C2)cc1F. The van der Waals surface area contributed by atoms with Crippen LogP contribution in [0.2, 0.25) is 0 Å². The predicted molar refractivity (Wildman–Crippen MR) is 80.0 cm³/mol. The molecule has 0 saturated heterocycles. The lowest BCUT2D eigenvalue weighted by Crippen LogP contribution is -2.36. The van der Waals surface area contributed by atoms with E-state index in [2.05, 4.69) is 21.6 Å². The molecule has 1 aromatic carbocycles. The van der Waals surface area contributed by atoms with E-state index in [0.717, 1.165) is 31.4 Å². The van der Waals surface area contributed by atoms with Crippen LogP contribution >= 0.6 is 11.8 Å². The van der Waals surface area contributed by atoms with Crippen molar-refractivity contribution in [2.24, 2.45) is 0 Å². The van der Waals surface area contributed by atoms with Crippen LogP contribution in [0.5, 0.6) is 5.75 Å². The Hall–Kier alpha value is -1.50. The van der Waals surface area contributed by atoms with E-state index in [4.69, 9.17) is 0 Å². The van der Waals surface area contributed by atoms with Crippen molar-refractivity contribution in [1.29, 1.82) is 0 Å². The Balaban J connectivity index is 1.94. The van der Waals surface area contributed by atoms with Crippen LogP contribution in [0.15, 0.2) is 12.1 Å². The Morgan fingerprint density at radius 2 is 2.00 bits per heavy atom. The summed E-state index contributed by atoms with van der Waals surface area (Å²) in [6, 6.07) is 1.71. The zero-order valence-electron chi connectivity index (χ0n) is 11.9. The van der Waals surface area contributed by atoms with Gasteiger partial charge in [-0.3, -0.25) is 0 Å².